The van der Waals surface area contributed by atoms with Crippen LogP contribution in [0.1, 0.15) is 44.9 Å². The maximum absolute atomic E-state index is 9.42. The molecule has 100 valence electrons. The molecule has 1 aromatic carbocycles. The first kappa shape index (κ1) is 12.3. The van der Waals surface area contributed by atoms with E-state index >= 15 is 0 Å². The molecule has 19 heavy (non-hydrogen) atoms. The Hall–Kier alpha value is -1.77. The molecule has 2 aromatic rings. The summed E-state index contributed by atoms with van der Waals surface area (Å²) in [5.74, 6) is 1.77. The van der Waals surface area contributed by atoms with Crippen molar-refractivity contribution in [3.63, 3.8) is 0 Å². The van der Waals surface area contributed by atoms with Crippen molar-refractivity contribution in [2.45, 2.75) is 39.0 Å². The minimum atomic E-state index is 0.225. The van der Waals surface area contributed by atoms with E-state index in [-0.39, 0.29) is 5.75 Å². The number of hydrogen-bond donors (Lipinski definition) is 1. The number of rotatable bonds is 2. The molecule has 1 aliphatic rings. The molecule has 3 nitrogen and oxygen atoms in total. The van der Waals surface area contributed by atoms with Gasteiger partial charge in [-0.05, 0) is 49.8 Å². The highest BCUT2D eigenvalue weighted by Crippen LogP contribution is 2.31. The number of phenolic OH excluding ortho intramolecular Hbond substituents is 1. The number of aromatic hydroxyl groups is 1. The summed E-state index contributed by atoms with van der Waals surface area (Å²) in [6.07, 6.45) is 8.23. The summed E-state index contributed by atoms with van der Waals surface area (Å²) >= 11 is 0. The number of aromatic nitrogens is 1. The van der Waals surface area contributed by atoms with Crippen molar-refractivity contribution >= 4 is 17.2 Å². The average molecular weight is 257 g/mol. The number of benzene rings is 1. The highest BCUT2D eigenvalue weighted by molar-refractivity contribution is 5.75. The molecule has 1 fully saturated rings. The predicted molar refractivity (Wildman–Crippen MR) is 75.9 cm³/mol. The summed E-state index contributed by atoms with van der Waals surface area (Å²) in [6.45, 7) is 2.27. The van der Waals surface area contributed by atoms with Crippen molar-refractivity contribution in [3.05, 3.63) is 29.7 Å². The minimum absolute atomic E-state index is 0.225. The number of nitrogens with zero attached hydrogens (tertiary/aromatic N) is 1. The van der Waals surface area contributed by atoms with Gasteiger partial charge in [-0.3, -0.25) is 0 Å². The second-order valence-electron chi connectivity index (χ2n) is 5.36. The summed E-state index contributed by atoms with van der Waals surface area (Å²) < 4.78 is 5.68. The van der Waals surface area contributed by atoms with E-state index in [2.05, 4.69) is 18.0 Å². The Morgan fingerprint density at radius 1 is 1.37 bits per heavy atom. The van der Waals surface area contributed by atoms with Crippen molar-refractivity contribution in [1.29, 1.82) is 0 Å². The molecular weight excluding hydrogens is 238 g/mol. The highest BCUT2D eigenvalue weighted by Gasteiger charge is 2.15. The van der Waals surface area contributed by atoms with Gasteiger partial charge in [0.2, 0.25) is 5.89 Å². The summed E-state index contributed by atoms with van der Waals surface area (Å²) in [4.78, 5) is 4.40. The van der Waals surface area contributed by atoms with Crippen molar-refractivity contribution in [2.75, 3.05) is 0 Å². The normalized spacial score (nSPS) is 19.8. The van der Waals surface area contributed by atoms with Crippen molar-refractivity contribution in [1.82, 2.24) is 4.98 Å². The van der Waals surface area contributed by atoms with Crippen molar-refractivity contribution < 1.29 is 9.52 Å². The highest BCUT2D eigenvalue weighted by atomic mass is 16.3. The third kappa shape index (κ3) is 2.65. The van der Waals surface area contributed by atoms with Gasteiger partial charge in [-0.15, -0.1) is 0 Å². The molecule has 1 aliphatic carbocycles. The van der Waals surface area contributed by atoms with E-state index in [9.17, 15) is 5.11 Å². The predicted octanol–water partition coefficient (Wildman–Crippen LogP) is 4.52. The molecule has 0 unspecified atom stereocenters. The van der Waals surface area contributed by atoms with Gasteiger partial charge in [0, 0.05) is 6.07 Å². The van der Waals surface area contributed by atoms with E-state index in [1.165, 1.54) is 24.8 Å². The summed E-state index contributed by atoms with van der Waals surface area (Å²) in [5.41, 5.74) is 2.88. The number of phenols is 1. The molecule has 3 heteroatoms. The average Bonchev–Trinajstić information content (AvgIpc) is 2.81. The first-order valence-electron chi connectivity index (χ1n) is 7.03. The Kier molecular flexibility index (Phi) is 3.28. The monoisotopic (exact) mass is 257 g/mol. The fourth-order valence-electron chi connectivity index (χ4n) is 2.77. The Morgan fingerprint density at radius 3 is 2.89 bits per heavy atom. The second-order valence-corrected chi connectivity index (χ2v) is 5.36. The van der Waals surface area contributed by atoms with E-state index in [1.54, 1.807) is 18.2 Å². The van der Waals surface area contributed by atoms with Crippen LogP contribution in [0.15, 0.2) is 28.2 Å². The topological polar surface area (TPSA) is 46.3 Å². The molecule has 0 saturated heterocycles. The maximum Gasteiger partial charge on any atom is 0.219 e. The van der Waals surface area contributed by atoms with E-state index in [4.69, 9.17) is 4.42 Å². The van der Waals surface area contributed by atoms with E-state index < -0.39 is 0 Å². The Morgan fingerprint density at radius 2 is 2.16 bits per heavy atom. The first-order chi connectivity index (χ1) is 9.24. The number of allylic oxidation sites excluding steroid dienone is 1. The molecule has 0 aliphatic heterocycles. The molecule has 0 spiro atoms. The van der Waals surface area contributed by atoms with Crippen LogP contribution in [0.2, 0.25) is 0 Å². The third-order valence-corrected chi connectivity index (χ3v) is 4.04. The molecule has 1 aromatic heterocycles. The van der Waals surface area contributed by atoms with Gasteiger partial charge < -0.3 is 9.52 Å². The molecule has 0 atom stereocenters. The van der Waals surface area contributed by atoms with Crippen LogP contribution in [0, 0.1) is 5.92 Å². The fourth-order valence-corrected chi connectivity index (χ4v) is 2.77. The number of fused-ring (bicyclic) bond motifs is 1. The molecule has 0 radical (unpaired) electrons. The molecule has 1 N–H and O–H groups in total. The van der Waals surface area contributed by atoms with Crippen LogP contribution in [-0.4, -0.2) is 10.1 Å². The van der Waals surface area contributed by atoms with Crippen molar-refractivity contribution in [2.24, 2.45) is 5.92 Å². The zero-order valence-corrected chi connectivity index (χ0v) is 11.2. The first-order valence-corrected chi connectivity index (χ1v) is 7.03. The van der Waals surface area contributed by atoms with Crippen LogP contribution in [0.5, 0.6) is 5.75 Å². The second kappa shape index (κ2) is 5.08. The van der Waals surface area contributed by atoms with E-state index in [0.29, 0.717) is 11.4 Å². The van der Waals surface area contributed by atoms with Gasteiger partial charge >= 0.3 is 0 Å². The zero-order valence-electron chi connectivity index (χ0n) is 11.2. The SMILES string of the molecule is CCC1CCC(=Cc2nc3cc(O)ccc3o2)CC1. The van der Waals surface area contributed by atoms with Gasteiger partial charge in [0.25, 0.3) is 0 Å². The zero-order chi connectivity index (χ0) is 13.2. The minimum Gasteiger partial charge on any atom is -0.508 e. The molecule has 0 bridgehead atoms. The van der Waals surface area contributed by atoms with Gasteiger partial charge in [-0.2, -0.15) is 0 Å². The third-order valence-electron chi connectivity index (χ3n) is 4.04. The number of oxazole rings is 1. The van der Waals surface area contributed by atoms with Crippen molar-refractivity contribution in [3.8, 4) is 5.75 Å². The van der Waals surface area contributed by atoms with Gasteiger partial charge in [-0.1, -0.05) is 18.9 Å². The lowest BCUT2D eigenvalue weighted by atomic mass is 9.84. The largest absolute Gasteiger partial charge is 0.508 e. The van der Waals surface area contributed by atoms with Crippen LogP contribution in [-0.2, 0) is 0 Å². The van der Waals surface area contributed by atoms with Crippen LogP contribution in [0.3, 0.4) is 0 Å². The molecule has 1 saturated carbocycles. The Balaban J connectivity index is 1.81. The maximum atomic E-state index is 9.42. The summed E-state index contributed by atoms with van der Waals surface area (Å²) in [6, 6.07) is 5.01. The smallest absolute Gasteiger partial charge is 0.219 e. The molecule has 0 amide bonds. The van der Waals surface area contributed by atoms with Gasteiger partial charge in [0.05, 0.1) is 0 Å². The lowest BCUT2D eigenvalue weighted by molar-refractivity contribution is 0.399. The Bertz CT molecular complexity index is 602. The fraction of sp³-hybridized carbons (Fsp3) is 0.438. The number of hydrogen-bond acceptors (Lipinski definition) is 3. The van der Waals surface area contributed by atoms with E-state index in [1.807, 2.05) is 0 Å². The van der Waals surface area contributed by atoms with Crippen LogP contribution in [0.25, 0.3) is 17.2 Å². The van der Waals surface area contributed by atoms with Crippen LogP contribution < -0.4 is 0 Å². The Labute approximate surface area is 113 Å². The van der Waals surface area contributed by atoms with Gasteiger partial charge in [0.1, 0.15) is 11.3 Å². The van der Waals surface area contributed by atoms with Gasteiger partial charge in [-0.25, -0.2) is 4.98 Å². The standard InChI is InChI=1S/C16H19NO2/c1-2-11-3-5-12(6-4-11)9-16-17-14-10-13(18)7-8-15(14)19-16/h7-11,18H,2-6H2,1H3. The summed E-state index contributed by atoms with van der Waals surface area (Å²) in [5, 5.41) is 9.42. The summed E-state index contributed by atoms with van der Waals surface area (Å²) in [7, 11) is 0. The molecule has 3 rings (SSSR count). The lowest BCUT2D eigenvalue weighted by Crippen LogP contribution is -2.06. The van der Waals surface area contributed by atoms with Crippen LogP contribution in [0.4, 0.5) is 0 Å². The molecular formula is C16H19NO2. The molecule has 1 heterocycles. The lowest BCUT2D eigenvalue weighted by Gasteiger charge is -2.22. The van der Waals surface area contributed by atoms with Crippen LogP contribution >= 0.6 is 0 Å². The van der Waals surface area contributed by atoms with Gasteiger partial charge in [0.15, 0.2) is 5.58 Å². The van der Waals surface area contributed by atoms with E-state index in [0.717, 1.165) is 24.3 Å². The quantitative estimate of drug-likeness (QED) is 0.860.